The van der Waals surface area contributed by atoms with Crippen molar-refractivity contribution in [3.05, 3.63) is 47.5 Å². The lowest BCUT2D eigenvalue weighted by Crippen LogP contribution is -2.44. The van der Waals surface area contributed by atoms with Crippen LogP contribution in [-0.2, 0) is 4.79 Å². The molecule has 0 bridgehead atoms. The van der Waals surface area contributed by atoms with Gasteiger partial charge in [0.15, 0.2) is 5.78 Å². The first-order valence-electron chi connectivity index (χ1n) is 13.2. The zero-order chi connectivity index (χ0) is 27.4. The summed E-state index contributed by atoms with van der Waals surface area (Å²) in [6, 6.07) is 10.3. The highest BCUT2D eigenvalue weighted by molar-refractivity contribution is 6.05. The highest BCUT2D eigenvalue weighted by Crippen LogP contribution is 2.30. The molecule has 0 saturated carbocycles. The first-order chi connectivity index (χ1) is 18.1. The topological polar surface area (TPSA) is 119 Å². The zero-order valence-electron chi connectivity index (χ0n) is 22.9. The predicted molar refractivity (Wildman–Crippen MR) is 152 cm³/mol. The molecule has 3 aromatic rings. The van der Waals surface area contributed by atoms with Crippen LogP contribution >= 0.6 is 0 Å². The predicted octanol–water partition coefficient (Wildman–Crippen LogP) is 4.97. The fraction of sp³-hybridized carbons (Fsp3) is 0.448. The Hall–Kier alpha value is -3.88. The smallest absolute Gasteiger partial charge is 0.251 e. The molecule has 1 fully saturated rings. The van der Waals surface area contributed by atoms with Gasteiger partial charge in [0.2, 0.25) is 11.9 Å². The van der Waals surface area contributed by atoms with E-state index in [0.717, 1.165) is 30.3 Å². The maximum Gasteiger partial charge on any atom is 0.251 e. The van der Waals surface area contributed by atoms with E-state index in [1.54, 1.807) is 19.2 Å². The van der Waals surface area contributed by atoms with Crippen molar-refractivity contribution in [3.63, 3.8) is 0 Å². The minimum atomic E-state index is -0.443. The first-order valence-corrected chi connectivity index (χ1v) is 13.2. The lowest BCUT2D eigenvalue weighted by atomic mass is 9.96. The van der Waals surface area contributed by atoms with Gasteiger partial charge in [-0.1, -0.05) is 33.6 Å². The number of amides is 2. The fourth-order valence-electron chi connectivity index (χ4n) is 4.76. The third-order valence-corrected chi connectivity index (χ3v) is 6.77. The number of Topliss-reactive ketones (excluding diaryl/α,β-unsaturated/α-hetero) is 1. The second-order valence-electron chi connectivity index (χ2n) is 11.1. The molecule has 202 valence electrons. The Morgan fingerprint density at radius 3 is 2.58 bits per heavy atom. The Bertz CT molecular complexity index is 1340. The Morgan fingerprint density at radius 2 is 1.87 bits per heavy atom. The molecule has 0 unspecified atom stereocenters. The Morgan fingerprint density at radius 1 is 1.08 bits per heavy atom. The number of rotatable bonds is 7. The van der Waals surface area contributed by atoms with E-state index in [4.69, 9.17) is 0 Å². The summed E-state index contributed by atoms with van der Waals surface area (Å²) in [7, 11) is 1.79. The summed E-state index contributed by atoms with van der Waals surface area (Å²) in [6.07, 6.45) is 3.52. The first kappa shape index (κ1) is 27.2. The van der Waals surface area contributed by atoms with Crippen molar-refractivity contribution in [3.8, 4) is 0 Å². The highest BCUT2D eigenvalue weighted by atomic mass is 16.2. The average molecular weight is 519 g/mol. The zero-order valence-corrected chi connectivity index (χ0v) is 22.9. The molecule has 0 spiro atoms. The van der Waals surface area contributed by atoms with Crippen LogP contribution < -0.4 is 20.9 Å². The van der Waals surface area contributed by atoms with E-state index in [2.05, 4.69) is 46.7 Å². The van der Waals surface area contributed by atoms with E-state index in [0.29, 0.717) is 48.0 Å². The number of hydrogen-bond donors (Lipinski definition) is 4. The maximum atomic E-state index is 13.6. The normalized spacial score (nSPS) is 16.1. The number of benzene rings is 2. The van der Waals surface area contributed by atoms with Crippen LogP contribution in [0.25, 0.3) is 11.0 Å². The summed E-state index contributed by atoms with van der Waals surface area (Å²) < 4.78 is 0. The lowest BCUT2D eigenvalue weighted by molar-refractivity contribution is -0.117. The molecule has 4 N–H and O–H groups in total. The largest absolute Gasteiger partial charge is 0.359 e. The van der Waals surface area contributed by atoms with Crippen LogP contribution in [0.4, 0.5) is 17.3 Å². The molecule has 2 heterocycles. The number of ketones is 1. The van der Waals surface area contributed by atoms with E-state index in [-0.39, 0.29) is 23.0 Å². The molecular formula is C29H38N6O3. The van der Waals surface area contributed by atoms with Crippen molar-refractivity contribution >= 4 is 46.0 Å². The quantitative estimate of drug-likeness (QED) is 0.328. The molecule has 0 radical (unpaired) electrons. The Labute approximate surface area is 223 Å². The molecule has 1 aromatic heterocycles. The molecule has 1 aliphatic heterocycles. The average Bonchev–Trinajstić information content (AvgIpc) is 3.13. The van der Waals surface area contributed by atoms with Crippen LogP contribution in [-0.4, -0.2) is 53.7 Å². The lowest BCUT2D eigenvalue weighted by Gasteiger charge is -2.32. The highest BCUT2D eigenvalue weighted by Gasteiger charge is 2.30. The number of H-pyrrole nitrogens is 1. The fourth-order valence-corrected chi connectivity index (χ4v) is 4.76. The number of nitrogens with one attached hydrogen (secondary N) is 4. The van der Waals surface area contributed by atoms with E-state index < -0.39 is 6.04 Å². The van der Waals surface area contributed by atoms with Crippen LogP contribution in [0.1, 0.15) is 74.1 Å². The van der Waals surface area contributed by atoms with E-state index in [9.17, 15) is 14.4 Å². The van der Waals surface area contributed by atoms with Gasteiger partial charge in [0, 0.05) is 42.6 Å². The number of aromatic nitrogens is 2. The Balaban J connectivity index is 1.60. The van der Waals surface area contributed by atoms with Gasteiger partial charge in [-0.2, -0.15) is 0 Å². The monoisotopic (exact) mass is 518 g/mol. The molecule has 9 nitrogen and oxygen atoms in total. The Kier molecular flexibility index (Phi) is 8.04. The number of anilines is 3. The summed E-state index contributed by atoms with van der Waals surface area (Å²) in [5.74, 6) is 0.181. The van der Waals surface area contributed by atoms with Crippen LogP contribution in [0.15, 0.2) is 36.4 Å². The van der Waals surface area contributed by atoms with Crippen molar-refractivity contribution in [2.24, 2.45) is 5.41 Å². The van der Waals surface area contributed by atoms with Gasteiger partial charge in [-0.25, -0.2) is 4.98 Å². The number of fused-ring (bicyclic) bond motifs is 1. The number of hydrogen-bond acceptors (Lipinski definition) is 6. The number of aromatic amines is 1. The molecule has 4 rings (SSSR count). The standard InChI is InChI=1S/C29H38N6O3/c1-18(36)21-15-19(26(37)31-17-29(2,3)4)10-13-24(21)35-14-8-6-7-9-25(35)27(38)32-20-11-12-22-23(16-20)34-28(30-5)33-22/h10-13,15-16,25H,6-9,14,17H2,1-5H3,(H,31,37)(H,32,38)(H2,30,33,34)/t25-/m1/s1. The van der Waals surface area contributed by atoms with Gasteiger partial charge >= 0.3 is 0 Å². The maximum absolute atomic E-state index is 13.6. The summed E-state index contributed by atoms with van der Waals surface area (Å²) in [5, 5.41) is 9.00. The van der Waals surface area contributed by atoms with E-state index in [1.807, 2.05) is 29.2 Å². The summed E-state index contributed by atoms with van der Waals surface area (Å²) in [5.41, 5.74) is 3.83. The third-order valence-electron chi connectivity index (χ3n) is 6.77. The van der Waals surface area contributed by atoms with Crippen LogP contribution in [0.3, 0.4) is 0 Å². The molecule has 0 aliphatic carbocycles. The number of carbonyl (C=O) groups excluding carboxylic acids is 3. The molecule has 1 atom stereocenters. The molecule has 1 aliphatic rings. The third kappa shape index (κ3) is 6.33. The van der Waals surface area contributed by atoms with Crippen molar-refractivity contribution in [2.45, 2.75) is 59.4 Å². The van der Waals surface area contributed by atoms with Gasteiger partial charge in [0.25, 0.3) is 5.91 Å². The minimum Gasteiger partial charge on any atom is -0.359 e. The van der Waals surface area contributed by atoms with Crippen molar-refractivity contribution in [1.82, 2.24) is 15.3 Å². The van der Waals surface area contributed by atoms with Gasteiger partial charge in [-0.15, -0.1) is 0 Å². The minimum absolute atomic E-state index is 0.0528. The second-order valence-corrected chi connectivity index (χ2v) is 11.1. The molecular weight excluding hydrogens is 480 g/mol. The number of nitrogens with zero attached hydrogens (tertiary/aromatic N) is 2. The molecule has 2 amide bonds. The van der Waals surface area contributed by atoms with Gasteiger partial charge in [-0.3, -0.25) is 14.4 Å². The van der Waals surface area contributed by atoms with Crippen LogP contribution in [0.5, 0.6) is 0 Å². The van der Waals surface area contributed by atoms with Crippen molar-refractivity contribution in [2.75, 3.05) is 35.7 Å². The van der Waals surface area contributed by atoms with Gasteiger partial charge in [-0.05, 0) is 61.6 Å². The number of carbonyl (C=O) groups is 3. The number of imidazole rings is 1. The van der Waals surface area contributed by atoms with Crippen LogP contribution in [0.2, 0.25) is 0 Å². The van der Waals surface area contributed by atoms with Crippen LogP contribution in [0, 0.1) is 5.41 Å². The molecule has 38 heavy (non-hydrogen) atoms. The molecule has 9 heteroatoms. The summed E-state index contributed by atoms with van der Waals surface area (Å²) in [6.45, 7) is 8.83. The summed E-state index contributed by atoms with van der Waals surface area (Å²) in [4.78, 5) is 48.8. The molecule has 2 aromatic carbocycles. The van der Waals surface area contributed by atoms with Gasteiger partial charge in [0.05, 0.1) is 11.0 Å². The van der Waals surface area contributed by atoms with Crippen molar-refractivity contribution < 1.29 is 14.4 Å². The SMILES string of the molecule is CNc1nc2ccc(NC(=O)[C@H]3CCCCCN3c3ccc(C(=O)NCC(C)(C)C)cc3C(C)=O)cc2[nH]1. The second kappa shape index (κ2) is 11.2. The molecule has 1 saturated heterocycles. The summed E-state index contributed by atoms with van der Waals surface area (Å²) >= 11 is 0. The van der Waals surface area contributed by atoms with E-state index in [1.165, 1.54) is 6.92 Å². The van der Waals surface area contributed by atoms with Gasteiger partial charge in [0.1, 0.15) is 6.04 Å². The van der Waals surface area contributed by atoms with Gasteiger partial charge < -0.3 is 25.8 Å². The van der Waals surface area contributed by atoms with E-state index >= 15 is 0 Å². The van der Waals surface area contributed by atoms with Crippen molar-refractivity contribution in [1.29, 1.82) is 0 Å².